The Balaban J connectivity index is 1.71. The molecule has 116 valence electrons. The van der Waals surface area contributed by atoms with E-state index in [-0.39, 0.29) is 11.9 Å². The minimum absolute atomic E-state index is 0.223. The van der Waals surface area contributed by atoms with Gasteiger partial charge < -0.3 is 4.74 Å². The van der Waals surface area contributed by atoms with Gasteiger partial charge in [-0.05, 0) is 55.4 Å². The summed E-state index contributed by atoms with van der Waals surface area (Å²) in [6, 6.07) is 7.79. The fraction of sp³-hybridized carbons (Fsp3) is 0.389. The van der Waals surface area contributed by atoms with Gasteiger partial charge in [-0.15, -0.1) is 0 Å². The molecule has 0 N–H and O–H groups in total. The first-order chi connectivity index (χ1) is 10.7. The largest absolute Gasteiger partial charge is 0.374 e. The van der Waals surface area contributed by atoms with E-state index in [0.29, 0.717) is 12.5 Å². The first kappa shape index (κ1) is 16.4. The summed E-state index contributed by atoms with van der Waals surface area (Å²) in [6.07, 6.45) is 8.88. The van der Waals surface area contributed by atoms with Gasteiger partial charge in [0.25, 0.3) is 0 Å². The van der Waals surface area contributed by atoms with E-state index in [1.807, 2.05) is 6.08 Å². The SMILES string of the molecule is N#C/C(F)=C/C=C/[C@H]1CC[C@H](OCc2ccc(F)cc2)CC1. The molecule has 0 saturated heterocycles. The monoisotopic (exact) mass is 303 g/mol. The first-order valence-electron chi connectivity index (χ1n) is 7.47. The summed E-state index contributed by atoms with van der Waals surface area (Å²) in [6.45, 7) is 0.502. The zero-order valence-electron chi connectivity index (χ0n) is 12.3. The lowest BCUT2D eigenvalue weighted by Crippen LogP contribution is -2.20. The second kappa shape index (κ2) is 8.45. The van der Waals surface area contributed by atoms with Crippen LogP contribution >= 0.6 is 0 Å². The van der Waals surface area contributed by atoms with Gasteiger partial charge in [-0.3, -0.25) is 0 Å². The number of hydrogen-bond donors (Lipinski definition) is 0. The van der Waals surface area contributed by atoms with Crippen LogP contribution in [0.25, 0.3) is 0 Å². The molecule has 0 amide bonds. The van der Waals surface area contributed by atoms with E-state index >= 15 is 0 Å². The summed E-state index contributed by atoms with van der Waals surface area (Å²) < 4.78 is 31.3. The fourth-order valence-electron chi connectivity index (χ4n) is 2.58. The lowest BCUT2D eigenvalue weighted by molar-refractivity contribution is 0.0110. The molecule has 1 fully saturated rings. The van der Waals surface area contributed by atoms with Gasteiger partial charge >= 0.3 is 0 Å². The molecular formula is C18H19F2NO. The second-order valence-corrected chi connectivity index (χ2v) is 5.49. The van der Waals surface area contributed by atoms with Crippen LogP contribution in [0.3, 0.4) is 0 Å². The molecule has 2 rings (SSSR count). The number of benzene rings is 1. The Kier molecular flexibility index (Phi) is 6.29. The number of allylic oxidation sites excluding steroid dienone is 4. The average Bonchev–Trinajstić information content (AvgIpc) is 2.55. The van der Waals surface area contributed by atoms with Crippen LogP contribution in [0.5, 0.6) is 0 Å². The van der Waals surface area contributed by atoms with Crippen LogP contribution in [0.4, 0.5) is 8.78 Å². The highest BCUT2D eigenvalue weighted by Gasteiger charge is 2.19. The van der Waals surface area contributed by atoms with Crippen molar-refractivity contribution in [2.45, 2.75) is 38.4 Å². The molecule has 0 atom stereocenters. The van der Waals surface area contributed by atoms with Crippen LogP contribution in [-0.2, 0) is 11.3 Å². The number of halogens is 2. The fourth-order valence-corrected chi connectivity index (χ4v) is 2.58. The van der Waals surface area contributed by atoms with E-state index in [2.05, 4.69) is 0 Å². The van der Waals surface area contributed by atoms with Crippen LogP contribution < -0.4 is 0 Å². The molecule has 1 aromatic carbocycles. The standard InChI is InChI=1S/C18H19F2NO/c19-16-8-4-15(5-9-16)13-22-18-10-6-14(7-11-18)2-1-3-17(20)12-21/h1-5,8-9,14,18H,6-7,10-11,13H2/b2-1+,17-3-/t14-,18-. The molecule has 1 saturated carbocycles. The summed E-state index contributed by atoms with van der Waals surface area (Å²) in [5, 5.41) is 8.31. The third kappa shape index (κ3) is 5.42. The highest BCUT2D eigenvalue weighted by molar-refractivity contribution is 5.19. The topological polar surface area (TPSA) is 33.0 Å². The minimum Gasteiger partial charge on any atom is -0.374 e. The average molecular weight is 303 g/mol. The molecule has 2 nitrogen and oxygen atoms in total. The van der Waals surface area contributed by atoms with Crippen molar-refractivity contribution in [1.82, 2.24) is 0 Å². The maximum Gasteiger partial charge on any atom is 0.199 e. The van der Waals surface area contributed by atoms with Crippen molar-refractivity contribution in [3.8, 4) is 6.07 Å². The molecule has 0 radical (unpaired) electrons. The third-order valence-corrected chi connectivity index (χ3v) is 3.85. The summed E-state index contributed by atoms with van der Waals surface area (Å²) in [5.74, 6) is -0.598. The Labute approximate surface area is 129 Å². The molecule has 0 aromatic heterocycles. The molecule has 0 spiro atoms. The van der Waals surface area contributed by atoms with Gasteiger partial charge in [0.15, 0.2) is 5.83 Å². The predicted molar refractivity (Wildman–Crippen MR) is 80.9 cm³/mol. The van der Waals surface area contributed by atoms with Crippen molar-refractivity contribution in [1.29, 1.82) is 5.26 Å². The van der Waals surface area contributed by atoms with Crippen molar-refractivity contribution in [2.24, 2.45) is 5.92 Å². The number of rotatable bonds is 5. The summed E-state index contributed by atoms with van der Waals surface area (Å²) in [4.78, 5) is 0. The van der Waals surface area contributed by atoms with E-state index in [4.69, 9.17) is 10.00 Å². The van der Waals surface area contributed by atoms with Gasteiger partial charge in [0, 0.05) is 0 Å². The minimum atomic E-state index is -0.771. The van der Waals surface area contributed by atoms with Crippen LogP contribution in [0.1, 0.15) is 31.2 Å². The maximum atomic E-state index is 12.8. The Bertz CT molecular complexity index is 564. The molecule has 0 bridgehead atoms. The predicted octanol–water partition coefficient (Wildman–Crippen LogP) is 4.83. The molecule has 0 heterocycles. The van der Waals surface area contributed by atoms with Crippen molar-refractivity contribution < 1.29 is 13.5 Å². The third-order valence-electron chi connectivity index (χ3n) is 3.85. The number of nitriles is 1. The summed E-state index contributed by atoms with van der Waals surface area (Å²) in [7, 11) is 0. The quantitative estimate of drug-likeness (QED) is 0.576. The van der Waals surface area contributed by atoms with E-state index in [9.17, 15) is 8.78 Å². The molecular weight excluding hydrogens is 284 g/mol. The zero-order valence-corrected chi connectivity index (χ0v) is 12.3. The Morgan fingerprint density at radius 1 is 1.23 bits per heavy atom. The van der Waals surface area contributed by atoms with E-state index in [0.717, 1.165) is 31.2 Å². The molecule has 1 aliphatic rings. The Morgan fingerprint density at radius 3 is 2.55 bits per heavy atom. The molecule has 4 heteroatoms. The van der Waals surface area contributed by atoms with Gasteiger partial charge in [-0.2, -0.15) is 9.65 Å². The van der Waals surface area contributed by atoms with Crippen LogP contribution in [0.2, 0.25) is 0 Å². The van der Waals surface area contributed by atoms with Crippen molar-refractivity contribution in [3.63, 3.8) is 0 Å². The van der Waals surface area contributed by atoms with Crippen LogP contribution in [0, 0.1) is 23.1 Å². The first-order valence-corrected chi connectivity index (χ1v) is 7.47. The Hall–Kier alpha value is -1.99. The summed E-state index contributed by atoms with van der Waals surface area (Å²) >= 11 is 0. The van der Waals surface area contributed by atoms with Gasteiger partial charge in [0.05, 0.1) is 12.7 Å². The number of ether oxygens (including phenoxy) is 1. The summed E-state index contributed by atoms with van der Waals surface area (Å²) in [5.41, 5.74) is 0.973. The van der Waals surface area contributed by atoms with Crippen molar-refractivity contribution in [3.05, 3.63) is 59.7 Å². The molecule has 0 unspecified atom stereocenters. The van der Waals surface area contributed by atoms with E-state index < -0.39 is 5.83 Å². The number of hydrogen-bond acceptors (Lipinski definition) is 2. The molecule has 1 aromatic rings. The van der Waals surface area contributed by atoms with Gasteiger partial charge in [0.1, 0.15) is 11.9 Å². The normalized spacial score (nSPS) is 22.7. The highest BCUT2D eigenvalue weighted by Crippen LogP contribution is 2.27. The lowest BCUT2D eigenvalue weighted by atomic mass is 9.87. The van der Waals surface area contributed by atoms with Crippen LogP contribution in [-0.4, -0.2) is 6.10 Å². The zero-order chi connectivity index (χ0) is 15.8. The van der Waals surface area contributed by atoms with E-state index in [1.165, 1.54) is 24.3 Å². The highest BCUT2D eigenvalue weighted by atomic mass is 19.1. The molecule has 1 aliphatic carbocycles. The van der Waals surface area contributed by atoms with Crippen LogP contribution in [0.15, 0.2) is 48.3 Å². The van der Waals surface area contributed by atoms with Crippen molar-refractivity contribution in [2.75, 3.05) is 0 Å². The Morgan fingerprint density at radius 2 is 1.91 bits per heavy atom. The van der Waals surface area contributed by atoms with E-state index in [1.54, 1.807) is 18.2 Å². The van der Waals surface area contributed by atoms with Crippen molar-refractivity contribution >= 4 is 0 Å². The second-order valence-electron chi connectivity index (χ2n) is 5.49. The van der Waals surface area contributed by atoms with Gasteiger partial charge in [-0.25, -0.2) is 4.39 Å². The molecule has 0 aliphatic heterocycles. The smallest absolute Gasteiger partial charge is 0.199 e. The maximum absolute atomic E-state index is 12.8. The lowest BCUT2D eigenvalue weighted by Gasteiger charge is -2.26. The molecule has 22 heavy (non-hydrogen) atoms. The van der Waals surface area contributed by atoms with Gasteiger partial charge in [-0.1, -0.05) is 24.3 Å². The van der Waals surface area contributed by atoms with Gasteiger partial charge in [0.2, 0.25) is 0 Å². The number of nitrogens with zero attached hydrogens (tertiary/aromatic N) is 1.